The Morgan fingerprint density at radius 1 is 1.10 bits per heavy atom. The third-order valence-corrected chi connectivity index (χ3v) is 6.56. The molecule has 3 amide bonds. The van der Waals surface area contributed by atoms with E-state index in [1.54, 1.807) is 0 Å². The van der Waals surface area contributed by atoms with Crippen molar-refractivity contribution in [2.24, 2.45) is 0 Å². The number of para-hydroxylation sites is 1. The number of amides is 3. The molecule has 0 unspecified atom stereocenters. The molecule has 0 aliphatic carbocycles. The maximum Gasteiger partial charge on any atom is 0.317 e. The van der Waals surface area contributed by atoms with Gasteiger partial charge in [-0.1, -0.05) is 18.2 Å². The van der Waals surface area contributed by atoms with Crippen molar-refractivity contribution in [3.63, 3.8) is 0 Å². The number of carbonyl (C=O) groups excluding carboxylic acids is 2. The van der Waals surface area contributed by atoms with Crippen LogP contribution in [0.4, 0.5) is 4.79 Å². The van der Waals surface area contributed by atoms with E-state index in [1.165, 1.54) is 0 Å². The van der Waals surface area contributed by atoms with Crippen molar-refractivity contribution in [2.75, 3.05) is 26.2 Å². The lowest BCUT2D eigenvalue weighted by Crippen LogP contribution is -2.54. The first-order chi connectivity index (χ1) is 14.0. The van der Waals surface area contributed by atoms with Crippen LogP contribution in [-0.2, 0) is 4.79 Å². The van der Waals surface area contributed by atoms with E-state index in [-0.39, 0.29) is 29.5 Å². The highest BCUT2D eigenvalue weighted by Gasteiger charge is 2.44. The van der Waals surface area contributed by atoms with Gasteiger partial charge in [0.05, 0.1) is 0 Å². The van der Waals surface area contributed by atoms with Crippen molar-refractivity contribution in [1.82, 2.24) is 15.1 Å². The lowest BCUT2D eigenvalue weighted by Gasteiger charge is -2.47. The van der Waals surface area contributed by atoms with Crippen molar-refractivity contribution in [2.45, 2.75) is 69.9 Å². The average Bonchev–Trinajstić information content (AvgIpc) is 3.23. The Bertz CT molecular complexity index is 749. The second kappa shape index (κ2) is 8.25. The van der Waals surface area contributed by atoms with E-state index >= 15 is 0 Å². The Kier molecular flexibility index (Phi) is 5.70. The zero-order chi connectivity index (χ0) is 20.4. The highest BCUT2D eigenvalue weighted by Crippen LogP contribution is 2.46. The summed E-state index contributed by atoms with van der Waals surface area (Å²) in [5.41, 5.74) is 0.879. The van der Waals surface area contributed by atoms with Gasteiger partial charge in [0.15, 0.2) is 0 Å². The van der Waals surface area contributed by atoms with Gasteiger partial charge in [0.2, 0.25) is 5.91 Å². The van der Waals surface area contributed by atoms with Crippen molar-refractivity contribution in [3.8, 4) is 5.75 Å². The molecule has 1 atom stereocenters. The number of piperidine rings is 1. The van der Waals surface area contributed by atoms with Crippen LogP contribution in [0.2, 0.25) is 0 Å². The van der Waals surface area contributed by atoms with Crippen LogP contribution in [-0.4, -0.2) is 59.6 Å². The standard InChI is InChI=1S/C23H33N3O3/c1-17(2)24-22(28)26-13-9-23(10-14-26)16-18(15-21(27)25-11-5-6-12-25)19-7-3-4-8-20(19)29-23/h3-4,7-8,17-18H,5-6,9-16H2,1-2H3,(H,24,28)/t18-/m0/s1. The van der Waals surface area contributed by atoms with Crippen LogP contribution in [0.15, 0.2) is 24.3 Å². The lowest BCUT2D eigenvalue weighted by molar-refractivity contribution is -0.131. The Labute approximate surface area is 173 Å². The number of nitrogens with one attached hydrogen (secondary N) is 1. The van der Waals surface area contributed by atoms with Gasteiger partial charge in [-0.25, -0.2) is 4.79 Å². The zero-order valence-corrected chi connectivity index (χ0v) is 17.7. The first-order valence-electron chi connectivity index (χ1n) is 11.1. The highest BCUT2D eigenvalue weighted by molar-refractivity contribution is 5.77. The summed E-state index contributed by atoms with van der Waals surface area (Å²) in [5.74, 6) is 1.37. The smallest absolute Gasteiger partial charge is 0.317 e. The van der Waals surface area contributed by atoms with Gasteiger partial charge in [-0.15, -0.1) is 0 Å². The normalized spacial score (nSPS) is 23.1. The predicted octanol–water partition coefficient (Wildman–Crippen LogP) is 3.52. The quantitative estimate of drug-likeness (QED) is 0.846. The van der Waals surface area contributed by atoms with Crippen molar-refractivity contribution < 1.29 is 14.3 Å². The minimum atomic E-state index is -0.279. The molecule has 3 heterocycles. The molecule has 1 spiro atoms. The Hall–Kier alpha value is -2.24. The van der Waals surface area contributed by atoms with E-state index in [4.69, 9.17) is 4.74 Å². The van der Waals surface area contributed by atoms with Crippen LogP contribution in [0, 0.1) is 0 Å². The van der Waals surface area contributed by atoms with Crippen LogP contribution in [0.25, 0.3) is 0 Å². The SMILES string of the molecule is CC(C)NC(=O)N1CCC2(CC1)C[C@H](CC(=O)N1CCCC1)c1ccccc1O2. The summed E-state index contributed by atoms with van der Waals surface area (Å²) in [6, 6.07) is 8.31. The number of benzene rings is 1. The first-order valence-corrected chi connectivity index (χ1v) is 11.1. The Balaban J connectivity index is 1.47. The Morgan fingerprint density at radius 2 is 1.79 bits per heavy atom. The first kappa shape index (κ1) is 20.0. The molecule has 6 nitrogen and oxygen atoms in total. The molecular weight excluding hydrogens is 366 g/mol. The number of ether oxygens (including phenoxy) is 1. The second-order valence-corrected chi connectivity index (χ2v) is 9.11. The molecule has 2 fully saturated rings. The van der Waals surface area contributed by atoms with Crippen LogP contribution >= 0.6 is 0 Å². The van der Waals surface area contributed by atoms with Gasteiger partial charge < -0.3 is 19.9 Å². The van der Waals surface area contributed by atoms with Crippen molar-refractivity contribution >= 4 is 11.9 Å². The van der Waals surface area contributed by atoms with E-state index in [2.05, 4.69) is 11.4 Å². The third-order valence-electron chi connectivity index (χ3n) is 6.56. The monoisotopic (exact) mass is 399 g/mol. The molecule has 3 aliphatic rings. The number of fused-ring (bicyclic) bond motifs is 1. The predicted molar refractivity (Wildman–Crippen MR) is 112 cm³/mol. The van der Waals surface area contributed by atoms with Crippen LogP contribution in [0.3, 0.4) is 0 Å². The van der Waals surface area contributed by atoms with Crippen molar-refractivity contribution in [1.29, 1.82) is 0 Å². The summed E-state index contributed by atoms with van der Waals surface area (Å²) >= 11 is 0. The summed E-state index contributed by atoms with van der Waals surface area (Å²) in [6.07, 6.45) is 5.26. The molecule has 4 rings (SSSR count). The topological polar surface area (TPSA) is 61.9 Å². The summed E-state index contributed by atoms with van der Waals surface area (Å²) in [7, 11) is 0. The summed E-state index contributed by atoms with van der Waals surface area (Å²) in [6.45, 7) is 7.13. The molecule has 0 bridgehead atoms. The van der Waals surface area contributed by atoms with Gasteiger partial charge in [0, 0.05) is 57.4 Å². The third kappa shape index (κ3) is 4.36. The number of hydrogen-bond donors (Lipinski definition) is 1. The van der Waals surface area contributed by atoms with Crippen LogP contribution < -0.4 is 10.1 Å². The Morgan fingerprint density at radius 3 is 2.48 bits per heavy atom. The molecule has 1 aromatic rings. The van der Waals surface area contributed by atoms with Gasteiger partial charge in [0.1, 0.15) is 11.4 Å². The molecule has 29 heavy (non-hydrogen) atoms. The largest absolute Gasteiger partial charge is 0.487 e. The summed E-state index contributed by atoms with van der Waals surface area (Å²) in [4.78, 5) is 29.1. The van der Waals surface area contributed by atoms with Crippen LogP contribution in [0.5, 0.6) is 5.75 Å². The fraction of sp³-hybridized carbons (Fsp3) is 0.652. The van der Waals surface area contributed by atoms with Gasteiger partial charge in [-0.2, -0.15) is 0 Å². The van der Waals surface area contributed by atoms with E-state index in [0.29, 0.717) is 19.5 Å². The van der Waals surface area contributed by atoms with E-state index in [1.807, 2.05) is 41.8 Å². The molecule has 0 radical (unpaired) electrons. The summed E-state index contributed by atoms with van der Waals surface area (Å²) < 4.78 is 6.52. The zero-order valence-electron chi connectivity index (χ0n) is 17.7. The van der Waals surface area contributed by atoms with Gasteiger partial charge >= 0.3 is 6.03 Å². The maximum atomic E-state index is 12.9. The number of nitrogens with zero attached hydrogens (tertiary/aromatic N) is 2. The maximum absolute atomic E-state index is 12.9. The molecule has 6 heteroatoms. The molecule has 3 aliphatic heterocycles. The summed E-state index contributed by atoms with van der Waals surface area (Å²) in [5, 5.41) is 2.98. The molecule has 2 saturated heterocycles. The van der Waals surface area contributed by atoms with E-state index in [0.717, 1.165) is 56.5 Å². The number of carbonyl (C=O) groups is 2. The molecule has 0 aromatic heterocycles. The van der Waals surface area contributed by atoms with Gasteiger partial charge in [-0.3, -0.25) is 4.79 Å². The van der Waals surface area contributed by atoms with Crippen LogP contribution in [0.1, 0.15) is 63.9 Å². The number of rotatable bonds is 3. The minimum absolute atomic E-state index is 0.00632. The van der Waals surface area contributed by atoms with Gasteiger partial charge in [-0.05, 0) is 44.7 Å². The molecule has 0 saturated carbocycles. The van der Waals surface area contributed by atoms with E-state index < -0.39 is 0 Å². The molecule has 1 aromatic carbocycles. The number of likely N-dealkylation sites (tertiary alicyclic amines) is 2. The minimum Gasteiger partial charge on any atom is -0.487 e. The average molecular weight is 400 g/mol. The van der Waals surface area contributed by atoms with E-state index in [9.17, 15) is 9.59 Å². The highest BCUT2D eigenvalue weighted by atomic mass is 16.5. The second-order valence-electron chi connectivity index (χ2n) is 9.11. The lowest BCUT2D eigenvalue weighted by atomic mass is 9.76. The molecule has 1 N–H and O–H groups in total. The molecular formula is C23H33N3O3. The molecule has 158 valence electrons. The van der Waals surface area contributed by atoms with Crippen molar-refractivity contribution in [3.05, 3.63) is 29.8 Å². The number of hydrogen-bond acceptors (Lipinski definition) is 3. The number of urea groups is 1. The fourth-order valence-electron chi connectivity index (χ4n) is 4.99. The fourth-order valence-corrected chi connectivity index (χ4v) is 4.99. The van der Waals surface area contributed by atoms with Gasteiger partial charge in [0.25, 0.3) is 0 Å².